The summed E-state index contributed by atoms with van der Waals surface area (Å²) < 4.78 is 11.0. The normalized spacial score (nSPS) is 15.7. The first-order valence-corrected chi connectivity index (χ1v) is 9.48. The second kappa shape index (κ2) is 13.0. The zero-order valence-electron chi connectivity index (χ0n) is 16.6. The van der Waals surface area contributed by atoms with E-state index in [9.17, 15) is 0 Å². The SMILES string of the molecule is C=CCOc1ccccc1CNC(=NC)NCC1(CCOC)CCCC1.I. The van der Waals surface area contributed by atoms with E-state index < -0.39 is 0 Å². The molecule has 1 aliphatic rings. The largest absolute Gasteiger partial charge is 0.489 e. The van der Waals surface area contributed by atoms with Gasteiger partial charge in [0.1, 0.15) is 12.4 Å². The lowest BCUT2D eigenvalue weighted by Crippen LogP contribution is -2.43. The van der Waals surface area contributed by atoms with Gasteiger partial charge in [-0.25, -0.2) is 0 Å². The van der Waals surface area contributed by atoms with Crippen LogP contribution in [0.25, 0.3) is 0 Å². The zero-order valence-corrected chi connectivity index (χ0v) is 19.0. The molecule has 0 aromatic heterocycles. The second-order valence-electron chi connectivity index (χ2n) is 6.94. The van der Waals surface area contributed by atoms with Gasteiger partial charge in [0.05, 0.1) is 0 Å². The molecule has 0 aliphatic heterocycles. The standard InChI is InChI=1S/C21H33N3O2.HI/c1-4-14-26-19-10-6-5-9-18(19)16-23-20(22-2)24-17-21(13-15-25-3)11-7-8-12-21;/h4-6,9-10H,1,7-8,11-17H2,2-3H3,(H2,22,23,24);1H. The summed E-state index contributed by atoms with van der Waals surface area (Å²) >= 11 is 0. The third-order valence-corrected chi connectivity index (χ3v) is 5.13. The quantitative estimate of drug-likeness (QED) is 0.226. The lowest BCUT2D eigenvalue weighted by atomic mass is 9.83. The average Bonchev–Trinajstić information content (AvgIpc) is 3.14. The van der Waals surface area contributed by atoms with E-state index in [4.69, 9.17) is 9.47 Å². The van der Waals surface area contributed by atoms with Crippen molar-refractivity contribution in [2.45, 2.75) is 38.6 Å². The molecule has 1 aromatic rings. The van der Waals surface area contributed by atoms with Gasteiger partial charge in [0.15, 0.2) is 5.96 Å². The predicted molar refractivity (Wildman–Crippen MR) is 123 cm³/mol. The summed E-state index contributed by atoms with van der Waals surface area (Å²) in [5.74, 6) is 1.70. The fraction of sp³-hybridized carbons (Fsp3) is 0.571. The Kier molecular flexibility index (Phi) is 11.4. The predicted octanol–water partition coefficient (Wildman–Crippen LogP) is 4.13. The Morgan fingerprint density at radius 1 is 1.26 bits per heavy atom. The number of rotatable bonds is 10. The summed E-state index contributed by atoms with van der Waals surface area (Å²) in [6.07, 6.45) is 8.01. The van der Waals surface area contributed by atoms with Gasteiger partial charge in [-0.3, -0.25) is 4.99 Å². The van der Waals surface area contributed by atoms with Crippen LogP contribution in [-0.2, 0) is 11.3 Å². The number of hydrogen-bond donors (Lipinski definition) is 2. The van der Waals surface area contributed by atoms with E-state index in [-0.39, 0.29) is 24.0 Å². The Labute approximate surface area is 181 Å². The van der Waals surface area contributed by atoms with Crippen molar-refractivity contribution >= 4 is 29.9 Å². The van der Waals surface area contributed by atoms with Gasteiger partial charge in [-0.1, -0.05) is 43.7 Å². The number of aliphatic imine (C=N–C) groups is 1. The van der Waals surface area contributed by atoms with Crippen LogP contribution in [0.5, 0.6) is 5.75 Å². The van der Waals surface area contributed by atoms with Gasteiger partial charge in [0.2, 0.25) is 0 Å². The molecule has 0 heterocycles. The van der Waals surface area contributed by atoms with Crippen LogP contribution in [0.15, 0.2) is 41.9 Å². The van der Waals surface area contributed by atoms with E-state index in [0.717, 1.165) is 36.8 Å². The molecule has 0 saturated heterocycles. The highest BCUT2D eigenvalue weighted by Crippen LogP contribution is 2.40. The minimum Gasteiger partial charge on any atom is -0.489 e. The Balaban J connectivity index is 0.00000364. The van der Waals surface area contributed by atoms with Gasteiger partial charge in [-0.15, -0.1) is 24.0 Å². The van der Waals surface area contributed by atoms with Crippen LogP contribution in [0.4, 0.5) is 0 Å². The molecule has 0 unspecified atom stereocenters. The van der Waals surface area contributed by atoms with E-state index >= 15 is 0 Å². The van der Waals surface area contributed by atoms with Gasteiger partial charge in [-0.05, 0) is 30.7 Å². The number of hydrogen-bond acceptors (Lipinski definition) is 3. The molecule has 1 aromatic carbocycles. The highest BCUT2D eigenvalue weighted by molar-refractivity contribution is 14.0. The lowest BCUT2D eigenvalue weighted by Gasteiger charge is -2.30. The van der Waals surface area contributed by atoms with Crippen molar-refractivity contribution < 1.29 is 9.47 Å². The van der Waals surface area contributed by atoms with Gasteiger partial charge in [-0.2, -0.15) is 0 Å². The fourth-order valence-corrected chi connectivity index (χ4v) is 3.57. The molecular weight excluding hydrogens is 453 g/mol. The smallest absolute Gasteiger partial charge is 0.191 e. The number of nitrogens with one attached hydrogen (secondary N) is 2. The van der Waals surface area contributed by atoms with Gasteiger partial charge in [0, 0.05) is 39.4 Å². The molecule has 0 radical (unpaired) electrons. The summed E-state index contributed by atoms with van der Waals surface area (Å²) in [6, 6.07) is 8.05. The molecule has 5 nitrogen and oxygen atoms in total. The molecule has 0 amide bonds. The maximum Gasteiger partial charge on any atom is 0.191 e. The molecular formula is C21H34IN3O2. The number of guanidine groups is 1. The van der Waals surface area contributed by atoms with Crippen LogP contribution in [0, 0.1) is 5.41 Å². The van der Waals surface area contributed by atoms with Crippen LogP contribution >= 0.6 is 24.0 Å². The van der Waals surface area contributed by atoms with E-state index in [0.29, 0.717) is 18.6 Å². The van der Waals surface area contributed by atoms with Crippen LogP contribution in [0.1, 0.15) is 37.7 Å². The molecule has 6 heteroatoms. The van der Waals surface area contributed by atoms with Crippen molar-refractivity contribution in [3.63, 3.8) is 0 Å². The number of methoxy groups -OCH3 is 1. The zero-order chi connectivity index (χ0) is 18.7. The summed E-state index contributed by atoms with van der Waals surface area (Å²) in [5.41, 5.74) is 1.44. The molecule has 1 saturated carbocycles. The Hall–Kier alpha value is -1.28. The topological polar surface area (TPSA) is 54.9 Å². The van der Waals surface area contributed by atoms with Crippen LogP contribution in [-0.4, -0.2) is 39.9 Å². The Bertz CT molecular complexity index is 587. The molecule has 1 fully saturated rings. The highest BCUT2D eigenvalue weighted by Gasteiger charge is 2.33. The van der Waals surface area contributed by atoms with Crippen molar-refractivity contribution in [2.24, 2.45) is 10.4 Å². The minimum absolute atomic E-state index is 0. The van der Waals surface area contributed by atoms with Crippen molar-refractivity contribution in [3.05, 3.63) is 42.5 Å². The van der Waals surface area contributed by atoms with E-state index in [1.54, 1.807) is 13.2 Å². The first-order chi connectivity index (χ1) is 12.7. The van der Waals surface area contributed by atoms with Crippen LogP contribution in [0.3, 0.4) is 0 Å². The fourth-order valence-electron chi connectivity index (χ4n) is 3.57. The Morgan fingerprint density at radius 2 is 2.00 bits per heavy atom. The third kappa shape index (κ3) is 7.70. The average molecular weight is 487 g/mol. The molecule has 0 atom stereocenters. The van der Waals surface area contributed by atoms with Crippen molar-refractivity contribution in [2.75, 3.05) is 33.9 Å². The number of ether oxygens (including phenoxy) is 2. The second-order valence-corrected chi connectivity index (χ2v) is 6.94. The summed E-state index contributed by atoms with van der Waals surface area (Å²) in [5, 5.41) is 6.92. The van der Waals surface area contributed by atoms with E-state index in [1.165, 1.54) is 25.7 Å². The van der Waals surface area contributed by atoms with Crippen molar-refractivity contribution in [1.82, 2.24) is 10.6 Å². The first-order valence-electron chi connectivity index (χ1n) is 9.48. The maximum absolute atomic E-state index is 5.72. The molecule has 27 heavy (non-hydrogen) atoms. The van der Waals surface area contributed by atoms with Gasteiger partial charge in [0.25, 0.3) is 0 Å². The molecule has 1 aliphatic carbocycles. The molecule has 152 valence electrons. The van der Waals surface area contributed by atoms with Crippen molar-refractivity contribution in [1.29, 1.82) is 0 Å². The molecule has 0 spiro atoms. The van der Waals surface area contributed by atoms with Crippen LogP contribution in [0.2, 0.25) is 0 Å². The number of para-hydroxylation sites is 1. The Morgan fingerprint density at radius 3 is 2.67 bits per heavy atom. The molecule has 2 rings (SSSR count). The molecule has 0 bridgehead atoms. The minimum atomic E-state index is 0. The maximum atomic E-state index is 5.72. The molecule has 2 N–H and O–H groups in total. The summed E-state index contributed by atoms with van der Waals surface area (Å²) in [7, 11) is 3.59. The van der Waals surface area contributed by atoms with Crippen LogP contribution < -0.4 is 15.4 Å². The van der Waals surface area contributed by atoms with Gasteiger partial charge >= 0.3 is 0 Å². The van der Waals surface area contributed by atoms with E-state index in [2.05, 4.69) is 28.3 Å². The number of benzene rings is 1. The number of nitrogens with zero attached hydrogens (tertiary/aromatic N) is 1. The van der Waals surface area contributed by atoms with Gasteiger partial charge < -0.3 is 20.1 Å². The monoisotopic (exact) mass is 487 g/mol. The van der Waals surface area contributed by atoms with E-state index in [1.807, 2.05) is 25.2 Å². The number of halogens is 1. The highest BCUT2D eigenvalue weighted by atomic mass is 127. The first kappa shape index (κ1) is 23.8. The summed E-state index contributed by atoms with van der Waals surface area (Å²) in [4.78, 5) is 4.37. The lowest BCUT2D eigenvalue weighted by molar-refractivity contribution is 0.138. The summed E-state index contributed by atoms with van der Waals surface area (Å²) in [6.45, 7) is 6.63. The third-order valence-electron chi connectivity index (χ3n) is 5.13. The van der Waals surface area contributed by atoms with Crippen molar-refractivity contribution in [3.8, 4) is 5.75 Å².